The Balaban J connectivity index is 1.92. The van der Waals surface area contributed by atoms with E-state index >= 15 is 0 Å². The van der Waals surface area contributed by atoms with Crippen LogP contribution >= 0.6 is 0 Å². The monoisotopic (exact) mass is 413 g/mol. The summed E-state index contributed by atoms with van der Waals surface area (Å²) in [6, 6.07) is 9.26. The molecule has 0 aliphatic carbocycles. The summed E-state index contributed by atoms with van der Waals surface area (Å²) in [5, 5.41) is 2.85. The van der Waals surface area contributed by atoms with E-state index in [1.807, 2.05) is 32.0 Å². The number of hydrogen-bond donors (Lipinski definition) is 1. The molecule has 30 heavy (non-hydrogen) atoms. The number of amides is 1. The Labute approximate surface area is 176 Å². The zero-order chi connectivity index (χ0) is 21.7. The molecule has 2 aromatic carbocycles. The number of hydrogen-bond acceptors (Lipinski definition) is 6. The molecule has 0 aromatic heterocycles. The lowest BCUT2D eigenvalue weighted by molar-refractivity contribution is -0.148. The van der Waals surface area contributed by atoms with Gasteiger partial charge in [0.2, 0.25) is 5.75 Å². The fourth-order valence-corrected chi connectivity index (χ4v) is 3.36. The van der Waals surface area contributed by atoms with Gasteiger partial charge < -0.3 is 24.3 Å². The van der Waals surface area contributed by atoms with Crippen LogP contribution in [-0.2, 0) is 16.1 Å². The maximum absolute atomic E-state index is 12.1. The molecule has 1 unspecified atom stereocenters. The Morgan fingerprint density at radius 3 is 2.50 bits per heavy atom. The molecule has 0 radical (unpaired) electrons. The summed E-state index contributed by atoms with van der Waals surface area (Å²) in [6.07, 6.45) is 0.722. The standard InChI is InChI=1S/C23H27NO6/c1-5-14(2)23(26)30-12-11-29-20-16(9-10-19(27-3)21(20)28-4)15-7-6-8-17-18(15)13-24-22(17)25/h6-10,14H,5,11-13H2,1-4H3,(H,24,25). The fourth-order valence-electron chi connectivity index (χ4n) is 3.36. The van der Waals surface area contributed by atoms with Gasteiger partial charge in [0.05, 0.1) is 20.1 Å². The third-order valence-corrected chi connectivity index (χ3v) is 5.23. The lowest BCUT2D eigenvalue weighted by atomic mass is 9.95. The van der Waals surface area contributed by atoms with Gasteiger partial charge >= 0.3 is 5.97 Å². The Bertz CT molecular complexity index is 940. The quantitative estimate of drug-likeness (QED) is 0.500. The number of ether oxygens (including phenoxy) is 4. The van der Waals surface area contributed by atoms with Crippen LogP contribution in [0.3, 0.4) is 0 Å². The molecular formula is C23H27NO6. The highest BCUT2D eigenvalue weighted by Crippen LogP contribution is 2.46. The van der Waals surface area contributed by atoms with E-state index in [4.69, 9.17) is 18.9 Å². The first kappa shape index (κ1) is 21.5. The van der Waals surface area contributed by atoms with Gasteiger partial charge in [-0.2, -0.15) is 0 Å². The molecule has 160 valence electrons. The lowest BCUT2D eigenvalue weighted by Crippen LogP contribution is -2.18. The maximum Gasteiger partial charge on any atom is 0.308 e. The highest BCUT2D eigenvalue weighted by Gasteiger charge is 2.25. The van der Waals surface area contributed by atoms with E-state index in [0.29, 0.717) is 29.4 Å². The van der Waals surface area contributed by atoms with Crippen LogP contribution < -0.4 is 19.5 Å². The number of nitrogens with one attached hydrogen (secondary N) is 1. The van der Waals surface area contributed by atoms with Crippen LogP contribution in [0.15, 0.2) is 30.3 Å². The van der Waals surface area contributed by atoms with E-state index in [1.54, 1.807) is 19.2 Å². The van der Waals surface area contributed by atoms with Crippen molar-refractivity contribution < 1.29 is 28.5 Å². The average molecular weight is 413 g/mol. The van der Waals surface area contributed by atoms with Crippen LogP contribution in [0.25, 0.3) is 11.1 Å². The minimum atomic E-state index is -0.246. The van der Waals surface area contributed by atoms with Gasteiger partial charge in [-0.05, 0) is 35.7 Å². The van der Waals surface area contributed by atoms with E-state index in [2.05, 4.69) is 5.32 Å². The minimum Gasteiger partial charge on any atom is -0.493 e. The molecule has 1 N–H and O–H groups in total. The molecule has 0 saturated heterocycles. The molecule has 0 spiro atoms. The predicted molar refractivity (Wildman–Crippen MR) is 112 cm³/mol. The molecule has 7 heteroatoms. The van der Waals surface area contributed by atoms with Crippen LogP contribution in [0.4, 0.5) is 0 Å². The van der Waals surface area contributed by atoms with Gasteiger partial charge in [0, 0.05) is 17.7 Å². The zero-order valence-corrected chi connectivity index (χ0v) is 17.7. The van der Waals surface area contributed by atoms with Gasteiger partial charge in [0.15, 0.2) is 11.5 Å². The SMILES string of the molecule is CCC(C)C(=O)OCCOc1c(-c2cccc3c2CNC3=O)ccc(OC)c1OC. The first-order chi connectivity index (χ1) is 14.5. The molecule has 1 aliphatic rings. The van der Waals surface area contributed by atoms with Crippen molar-refractivity contribution in [2.75, 3.05) is 27.4 Å². The van der Waals surface area contributed by atoms with Crippen molar-refractivity contribution in [2.24, 2.45) is 5.92 Å². The Morgan fingerprint density at radius 2 is 1.80 bits per heavy atom. The number of rotatable bonds is 9. The maximum atomic E-state index is 12.1. The molecule has 1 heterocycles. The molecule has 7 nitrogen and oxygen atoms in total. The van der Waals surface area contributed by atoms with Gasteiger partial charge in [-0.1, -0.05) is 26.0 Å². The predicted octanol–water partition coefficient (Wildman–Crippen LogP) is 3.58. The van der Waals surface area contributed by atoms with Crippen LogP contribution in [0.5, 0.6) is 17.2 Å². The molecule has 1 amide bonds. The first-order valence-corrected chi connectivity index (χ1v) is 9.96. The largest absolute Gasteiger partial charge is 0.493 e. The average Bonchev–Trinajstić information content (AvgIpc) is 3.16. The summed E-state index contributed by atoms with van der Waals surface area (Å²) in [5.41, 5.74) is 3.20. The van der Waals surface area contributed by atoms with Crippen molar-refractivity contribution in [1.82, 2.24) is 5.32 Å². The molecule has 1 atom stereocenters. The van der Waals surface area contributed by atoms with Crippen molar-refractivity contribution in [1.29, 1.82) is 0 Å². The third-order valence-electron chi connectivity index (χ3n) is 5.23. The first-order valence-electron chi connectivity index (χ1n) is 9.96. The molecular weight excluding hydrogens is 386 g/mol. The van der Waals surface area contributed by atoms with Crippen LogP contribution in [0, 0.1) is 5.92 Å². The topological polar surface area (TPSA) is 83.1 Å². The number of benzene rings is 2. The van der Waals surface area contributed by atoms with Crippen molar-refractivity contribution in [2.45, 2.75) is 26.8 Å². The normalized spacial score (nSPS) is 13.3. The third kappa shape index (κ3) is 4.20. The summed E-state index contributed by atoms with van der Waals surface area (Å²) >= 11 is 0. The Kier molecular flexibility index (Phi) is 6.82. The van der Waals surface area contributed by atoms with Crippen LogP contribution in [-0.4, -0.2) is 39.3 Å². The number of methoxy groups -OCH3 is 2. The molecule has 3 rings (SSSR count). The molecule has 0 bridgehead atoms. The number of carbonyl (C=O) groups excluding carboxylic acids is 2. The van der Waals surface area contributed by atoms with E-state index in [0.717, 1.165) is 23.1 Å². The summed E-state index contributed by atoms with van der Waals surface area (Å²) < 4.78 is 22.3. The molecule has 2 aromatic rings. The van der Waals surface area contributed by atoms with Gasteiger partial charge in [0.1, 0.15) is 13.2 Å². The molecule has 0 saturated carbocycles. The van der Waals surface area contributed by atoms with Gasteiger partial charge in [-0.25, -0.2) is 0 Å². The summed E-state index contributed by atoms with van der Waals surface area (Å²) in [6.45, 7) is 4.50. The smallest absolute Gasteiger partial charge is 0.308 e. The fraction of sp³-hybridized carbons (Fsp3) is 0.391. The Morgan fingerprint density at radius 1 is 1.03 bits per heavy atom. The van der Waals surface area contributed by atoms with E-state index in [9.17, 15) is 9.59 Å². The number of esters is 1. The Hall–Kier alpha value is -3.22. The van der Waals surface area contributed by atoms with Crippen molar-refractivity contribution in [3.63, 3.8) is 0 Å². The summed E-state index contributed by atoms with van der Waals surface area (Å²) in [5.74, 6) is 0.956. The lowest BCUT2D eigenvalue weighted by Gasteiger charge is -2.19. The number of fused-ring (bicyclic) bond motifs is 1. The second-order valence-corrected chi connectivity index (χ2v) is 7.02. The summed E-state index contributed by atoms with van der Waals surface area (Å²) in [4.78, 5) is 24.0. The van der Waals surface area contributed by atoms with Crippen molar-refractivity contribution in [3.8, 4) is 28.4 Å². The second-order valence-electron chi connectivity index (χ2n) is 7.02. The van der Waals surface area contributed by atoms with Crippen LogP contribution in [0.1, 0.15) is 36.2 Å². The van der Waals surface area contributed by atoms with E-state index < -0.39 is 0 Å². The van der Waals surface area contributed by atoms with Gasteiger partial charge in [-0.15, -0.1) is 0 Å². The zero-order valence-electron chi connectivity index (χ0n) is 17.7. The minimum absolute atomic E-state index is 0.0910. The van der Waals surface area contributed by atoms with Gasteiger partial charge in [-0.3, -0.25) is 9.59 Å². The number of carbonyl (C=O) groups is 2. The highest BCUT2D eigenvalue weighted by molar-refractivity contribution is 6.01. The van der Waals surface area contributed by atoms with Crippen molar-refractivity contribution in [3.05, 3.63) is 41.5 Å². The molecule has 1 aliphatic heterocycles. The molecule has 0 fully saturated rings. The highest BCUT2D eigenvalue weighted by atomic mass is 16.6. The van der Waals surface area contributed by atoms with Gasteiger partial charge in [0.25, 0.3) is 5.91 Å². The second kappa shape index (κ2) is 9.52. The summed E-state index contributed by atoms with van der Waals surface area (Å²) in [7, 11) is 3.09. The van der Waals surface area contributed by atoms with E-state index in [-0.39, 0.29) is 31.0 Å². The van der Waals surface area contributed by atoms with E-state index in [1.165, 1.54) is 7.11 Å². The van der Waals surface area contributed by atoms with Crippen molar-refractivity contribution >= 4 is 11.9 Å². The van der Waals surface area contributed by atoms with Crippen LogP contribution in [0.2, 0.25) is 0 Å².